The summed E-state index contributed by atoms with van der Waals surface area (Å²) >= 11 is 0. The zero-order valence-corrected chi connectivity index (χ0v) is 14.9. The number of nitrogens with one attached hydrogen (secondary N) is 1. The zero-order chi connectivity index (χ0) is 17.6. The van der Waals surface area contributed by atoms with Gasteiger partial charge in [0.05, 0.1) is 12.2 Å². The van der Waals surface area contributed by atoms with Crippen molar-refractivity contribution in [1.29, 1.82) is 0 Å². The topological polar surface area (TPSA) is 113 Å². The second-order valence-corrected chi connectivity index (χ2v) is 8.17. The van der Waals surface area contributed by atoms with Crippen LogP contribution in [0.5, 0.6) is 0 Å². The second-order valence-electron chi connectivity index (χ2n) is 6.24. The molecule has 0 bridgehead atoms. The van der Waals surface area contributed by atoms with Gasteiger partial charge in [0.25, 0.3) is 0 Å². The molecule has 134 valence electrons. The highest BCUT2D eigenvalue weighted by Gasteiger charge is 2.27. The van der Waals surface area contributed by atoms with Gasteiger partial charge in [-0.1, -0.05) is 0 Å². The first-order valence-corrected chi connectivity index (χ1v) is 9.76. The molecule has 0 aliphatic carbocycles. The molecule has 8 nitrogen and oxygen atoms in total. The smallest absolute Gasteiger partial charge is 0.314 e. The van der Waals surface area contributed by atoms with Gasteiger partial charge in [0, 0.05) is 32.2 Å². The summed E-state index contributed by atoms with van der Waals surface area (Å²) in [7, 11) is -3.24. The number of nitrogens with two attached hydrogens (primary N) is 1. The first kappa shape index (κ1) is 19.7. The Balaban J connectivity index is 2.38. The Morgan fingerprint density at radius 1 is 1.39 bits per heavy atom. The molecule has 1 aliphatic heterocycles. The lowest BCUT2D eigenvalue weighted by molar-refractivity contribution is -0.126. The summed E-state index contributed by atoms with van der Waals surface area (Å²) in [6.45, 7) is 5.36. The largest absolute Gasteiger partial charge is 0.356 e. The quantitative estimate of drug-likeness (QED) is 0.628. The Morgan fingerprint density at radius 2 is 2.04 bits per heavy atom. The van der Waals surface area contributed by atoms with Gasteiger partial charge in [-0.25, -0.2) is 13.2 Å². The van der Waals surface area contributed by atoms with Crippen molar-refractivity contribution in [3.8, 4) is 0 Å². The van der Waals surface area contributed by atoms with E-state index in [4.69, 9.17) is 5.73 Å². The molecule has 1 rings (SSSR count). The number of urea groups is 1. The summed E-state index contributed by atoms with van der Waals surface area (Å²) in [4.78, 5) is 24.8. The zero-order valence-electron chi connectivity index (χ0n) is 14.1. The molecule has 0 spiro atoms. The maximum atomic E-state index is 12.1. The van der Waals surface area contributed by atoms with Crippen LogP contribution >= 0.6 is 0 Å². The van der Waals surface area contributed by atoms with Crippen LogP contribution in [0.2, 0.25) is 0 Å². The number of piperidine rings is 1. The van der Waals surface area contributed by atoms with E-state index in [1.807, 2.05) is 13.8 Å². The second kappa shape index (κ2) is 8.49. The first-order valence-electron chi connectivity index (χ1n) is 7.91. The van der Waals surface area contributed by atoms with Crippen molar-refractivity contribution in [2.75, 3.05) is 32.4 Å². The Labute approximate surface area is 138 Å². The van der Waals surface area contributed by atoms with Crippen LogP contribution < -0.4 is 11.1 Å². The number of carbonyl (C=O) groups excluding carboxylic acids is 2. The van der Waals surface area contributed by atoms with Gasteiger partial charge in [0.15, 0.2) is 0 Å². The molecule has 3 amide bonds. The van der Waals surface area contributed by atoms with Gasteiger partial charge in [-0.3, -0.25) is 4.79 Å². The molecule has 0 aromatic heterocycles. The molecule has 0 saturated carbocycles. The third kappa shape index (κ3) is 6.34. The van der Waals surface area contributed by atoms with Gasteiger partial charge >= 0.3 is 6.03 Å². The van der Waals surface area contributed by atoms with E-state index in [1.165, 1.54) is 15.5 Å². The molecule has 1 fully saturated rings. The van der Waals surface area contributed by atoms with Crippen LogP contribution in [-0.4, -0.2) is 68.0 Å². The van der Waals surface area contributed by atoms with Gasteiger partial charge in [0.1, 0.15) is 0 Å². The Morgan fingerprint density at radius 3 is 2.57 bits per heavy atom. The average molecular weight is 348 g/mol. The van der Waals surface area contributed by atoms with Crippen molar-refractivity contribution < 1.29 is 18.0 Å². The lowest BCUT2D eigenvalue weighted by Gasteiger charge is -2.30. The lowest BCUT2D eigenvalue weighted by atomic mass is 9.97. The minimum absolute atomic E-state index is 0.105. The summed E-state index contributed by atoms with van der Waals surface area (Å²) in [5.74, 6) is -0.348. The lowest BCUT2D eigenvalue weighted by Crippen LogP contribution is -2.47. The fourth-order valence-corrected chi connectivity index (χ4v) is 4.02. The molecular weight excluding hydrogens is 320 g/mol. The van der Waals surface area contributed by atoms with E-state index in [9.17, 15) is 18.0 Å². The molecule has 1 heterocycles. The van der Waals surface area contributed by atoms with Gasteiger partial charge in [-0.05, 0) is 33.1 Å². The van der Waals surface area contributed by atoms with Crippen molar-refractivity contribution in [3.05, 3.63) is 0 Å². The predicted molar refractivity (Wildman–Crippen MR) is 88.2 cm³/mol. The monoisotopic (exact) mass is 348 g/mol. The first-order chi connectivity index (χ1) is 10.6. The summed E-state index contributed by atoms with van der Waals surface area (Å²) in [5.41, 5.74) is 5.25. The number of sulfonamides is 1. The third-order valence-corrected chi connectivity index (χ3v) is 5.42. The number of hydrogen-bond donors (Lipinski definition) is 2. The summed E-state index contributed by atoms with van der Waals surface area (Å²) in [5, 5.41) is 2.82. The molecule has 1 aliphatic rings. The standard InChI is InChI=1S/C14H28N4O4S/c1-11(2)18(23(3,21)22)9-5-7-16-13(19)12-6-4-8-17(10-12)14(15)20/h11-12H,4-10H2,1-3H3,(H2,15,20)(H,16,19)/t12-/m1/s1. The minimum atomic E-state index is -3.24. The van der Waals surface area contributed by atoms with E-state index in [0.717, 1.165) is 12.8 Å². The fourth-order valence-electron chi connectivity index (χ4n) is 2.79. The van der Waals surface area contributed by atoms with Crippen molar-refractivity contribution in [2.45, 2.75) is 39.2 Å². The van der Waals surface area contributed by atoms with Crippen LogP contribution in [-0.2, 0) is 14.8 Å². The maximum Gasteiger partial charge on any atom is 0.314 e. The van der Waals surface area contributed by atoms with Crippen molar-refractivity contribution in [3.63, 3.8) is 0 Å². The Bertz CT molecular complexity index is 521. The summed E-state index contributed by atoms with van der Waals surface area (Å²) in [6, 6.07) is -0.605. The van der Waals surface area contributed by atoms with Gasteiger partial charge in [-0.2, -0.15) is 4.31 Å². The van der Waals surface area contributed by atoms with Gasteiger partial charge in [0.2, 0.25) is 15.9 Å². The molecule has 9 heteroatoms. The van der Waals surface area contributed by atoms with Crippen LogP contribution in [0.25, 0.3) is 0 Å². The SMILES string of the molecule is CC(C)N(CCCNC(=O)[C@@H]1CCCN(C(N)=O)C1)S(C)(=O)=O. The predicted octanol–water partition coefficient (Wildman–Crippen LogP) is -0.0466. The summed E-state index contributed by atoms with van der Waals surface area (Å²) < 4.78 is 24.7. The summed E-state index contributed by atoms with van der Waals surface area (Å²) in [6.07, 6.45) is 3.22. The van der Waals surface area contributed by atoms with E-state index < -0.39 is 16.1 Å². The highest BCUT2D eigenvalue weighted by molar-refractivity contribution is 7.88. The normalized spacial score (nSPS) is 19.2. The number of primary amides is 1. The maximum absolute atomic E-state index is 12.1. The van der Waals surface area contributed by atoms with Crippen molar-refractivity contribution in [1.82, 2.24) is 14.5 Å². The molecule has 23 heavy (non-hydrogen) atoms. The van der Waals surface area contributed by atoms with Crippen LogP contribution in [0.1, 0.15) is 33.1 Å². The molecule has 1 atom stereocenters. The molecule has 0 aromatic carbocycles. The number of rotatable bonds is 7. The van der Waals surface area contributed by atoms with E-state index in [0.29, 0.717) is 32.6 Å². The minimum Gasteiger partial charge on any atom is -0.356 e. The Hall–Kier alpha value is -1.35. The molecule has 1 saturated heterocycles. The van der Waals surface area contributed by atoms with Gasteiger partial charge < -0.3 is 16.0 Å². The third-order valence-electron chi connectivity index (χ3n) is 3.96. The van der Waals surface area contributed by atoms with Crippen molar-refractivity contribution >= 4 is 22.0 Å². The fraction of sp³-hybridized carbons (Fsp3) is 0.857. The van der Waals surface area contributed by atoms with E-state index in [1.54, 1.807) is 0 Å². The highest BCUT2D eigenvalue weighted by Crippen LogP contribution is 2.16. The number of carbonyl (C=O) groups is 2. The van der Waals surface area contributed by atoms with Crippen LogP contribution in [0.3, 0.4) is 0 Å². The van der Waals surface area contributed by atoms with E-state index in [-0.39, 0.29) is 17.9 Å². The number of nitrogens with zero attached hydrogens (tertiary/aromatic N) is 2. The number of hydrogen-bond acceptors (Lipinski definition) is 4. The van der Waals surface area contributed by atoms with E-state index >= 15 is 0 Å². The highest BCUT2D eigenvalue weighted by atomic mass is 32.2. The molecule has 3 N–H and O–H groups in total. The molecule has 0 unspecified atom stereocenters. The van der Waals surface area contributed by atoms with Crippen LogP contribution in [0.4, 0.5) is 4.79 Å². The van der Waals surface area contributed by atoms with Gasteiger partial charge in [-0.15, -0.1) is 0 Å². The number of amides is 3. The van der Waals surface area contributed by atoms with Crippen LogP contribution in [0, 0.1) is 5.92 Å². The molecule has 0 radical (unpaired) electrons. The average Bonchev–Trinajstić information content (AvgIpc) is 2.45. The van der Waals surface area contributed by atoms with Crippen molar-refractivity contribution in [2.24, 2.45) is 11.7 Å². The van der Waals surface area contributed by atoms with Crippen LogP contribution in [0.15, 0.2) is 0 Å². The van der Waals surface area contributed by atoms with E-state index in [2.05, 4.69) is 5.32 Å². The number of likely N-dealkylation sites (tertiary alicyclic amines) is 1. The molecular formula is C14H28N4O4S. The Kier molecular flexibility index (Phi) is 7.27. The molecule has 0 aromatic rings.